The molecule has 3 aromatic rings. The molecule has 0 unspecified atom stereocenters. The number of amides is 1. The SMILES string of the molecule is O=C1CCc2c(-c3ccc(F)cc3Cl)cc(C3CCNCC3)cc2N1c1c(Cl)cccc1Cl. The molecule has 2 heterocycles. The van der Waals surface area contributed by atoms with Gasteiger partial charge < -0.3 is 5.32 Å². The Hall–Kier alpha value is -2.11. The van der Waals surface area contributed by atoms with Crippen molar-refractivity contribution in [3.8, 4) is 11.1 Å². The fourth-order valence-corrected chi connectivity index (χ4v) is 5.74. The van der Waals surface area contributed by atoms with Crippen LogP contribution in [-0.2, 0) is 11.2 Å². The van der Waals surface area contributed by atoms with Crippen LogP contribution in [0.15, 0.2) is 48.5 Å². The minimum Gasteiger partial charge on any atom is -0.317 e. The van der Waals surface area contributed by atoms with Gasteiger partial charge in [-0.3, -0.25) is 9.69 Å². The molecule has 0 bridgehead atoms. The number of nitrogens with one attached hydrogen (secondary N) is 1. The predicted molar refractivity (Wildman–Crippen MR) is 134 cm³/mol. The second kappa shape index (κ2) is 9.27. The second-order valence-electron chi connectivity index (χ2n) is 8.51. The van der Waals surface area contributed by atoms with Gasteiger partial charge in [0, 0.05) is 12.0 Å². The quantitative estimate of drug-likeness (QED) is 0.400. The Kier molecular flexibility index (Phi) is 6.37. The van der Waals surface area contributed by atoms with Crippen LogP contribution in [0.3, 0.4) is 0 Å². The summed E-state index contributed by atoms with van der Waals surface area (Å²) in [5, 5.41) is 4.58. The van der Waals surface area contributed by atoms with Crippen LogP contribution in [0.2, 0.25) is 15.1 Å². The first-order valence-corrected chi connectivity index (χ1v) is 12.2. The molecule has 3 aromatic carbocycles. The number of fused-ring (bicyclic) bond motifs is 1. The average Bonchev–Trinajstić information content (AvgIpc) is 2.80. The molecule has 7 heteroatoms. The molecule has 0 radical (unpaired) electrons. The Balaban J connectivity index is 1.77. The topological polar surface area (TPSA) is 32.3 Å². The lowest BCUT2D eigenvalue weighted by atomic mass is 9.83. The lowest BCUT2D eigenvalue weighted by Crippen LogP contribution is -2.32. The van der Waals surface area contributed by atoms with Crippen LogP contribution >= 0.6 is 34.8 Å². The maximum absolute atomic E-state index is 13.8. The Morgan fingerprint density at radius 2 is 1.61 bits per heavy atom. The van der Waals surface area contributed by atoms with Crippen LogP contribution in [0.1, 0.15) is 36.3 Å². The van der Waals surface area contributed by atoms with Gasteiger partial charge in [-0.25, -0.2) is 4.39 Å². The normalized spacial score (nSPS) is 16.7. The first-order valence-electron chi connectivity index (χ1n) is 11.0. The van der Waals surface area contributed by atoms with Crippen molar-refractivity contribution in [2.45, 2.75) is 31.6 Å². The van der Waals surface area contributed by atoms with E-state index in [4.69, 9.17) is 34.8 Å². The highest BCUT2D eigenvalue weighted by molar-refractivity contribution is 6.40. The van der Waals surface area contributed by atoms with Gasteiger partial charge in [0.1, 0.15) is 5.82 Å². The van der Waals surface area contributed by atoms with Crippen LogP contribution in [0, 0.1) is 5.82 Å². The molecular weight excluding hydrogens is 482 g/mol. The van der Waals surface area contributed by atoms with Crippen molar-refractivity contribution >= 4 is 52.1 Å². The van der Waals surface area contributed by atoms with E-state index in [0.717, 1.165) is 53.9 Å². The van der Waals surface area contributed by atoms with Gasteiger partial charge in [0.05, 0.1) is 26.4 Å². The molecule has 0 aromatic heterocycles. The van der Waals surface area contributed by atoms with Gasteiger partial charge >= 0.3 is 0 Å². The molecular formula is C26H22Cl3FN2O. The molecule has 1 saturated heterocycles. The standard InChI is InChI=1S/C26H22Cl3FN2O/c27-21-2-1-3-22(28)26(21)32-24-13-16(15-8-10-31-11-9-15)12-20(19(24)6-7-25(32)33)18-5-4-17(30)14-23(18)29/h1-5,12-15,31H,6-11H2. The lowest BCUT2D eigenvalue weighted by molar-refractivity contribution is -0.118. The Labute approximate surface area is 207 Å². The van der Waals surface area contributed by atoms with Crippen LogP contribution in [0.4, 0.5) is 15.8 Å². The zero-order valence-electron chi connectivity index (χ0n) is 17.8. The molecule has 1 amide bonds. The van der Waals surface area contributed by atoms with Gasteiger partial charge in [0.2, 0.25) is 5.91 Å². The van der Waals surface area contributed by atoms with E-state index in [9.17, 15) is 9.18 Å². The van der Waals surface area contributed by atoms with Gasteiger partial charge in [-0.05, 0) is 91.4 Å². The average molecular weight is 504 g/mol. The largest absolute Gasteiger partial charge is 0.317 e. The number of piperidine rings is 1. The van der Waals surface area contributed by atoms with Crippen molar-refractivity contribution in [2.75, 3.05) is 18.0 Å². The van der Waals surface area contributed by atoms with Crippen LogP contribution < -0.4 is 10.2 Å². The number of carbonyl (C=O) groups excluding carboxylic acids is 1. The molecule has 33 heavy (non-hydrogen) atoms. The first-order chi connectivity index (χ1) is 15.9. The van der Waals surface area contributed by atoms with Crippen molar-refractivity contribution in [2.24, 2.45) is 0 Å². The number of hydrogen-bond acceptors (Lipinski definition) is 2. The molecule has 1 fully saturated rings. The highest BCUT2D eigenvalue weighted by atomic mass is 35.5. The summed E-state index contributed by atoms with van der Waals surface area (Å²) in [6, 6.07) is 14.0. The van der Waals surface area contributed by atoms with Gasteiger partial charge in [-0.15, -0.1) is 0 Å². The highest BCUT2D eigenvalue weighted by Crippen LogP contribution is 2.47. The van der Waals surface area contributed by atoms with Gasteiger partial charge in [-0.2, -0.15) is 0 Å². The third kappa shape index (κ3) is 4.26. The van der Waals surface area contributed by atoms with E-state index < -0.39 is 0 Å². The third-order valence-corrected chi connectivity index (χ3v) is 7.44. The molecule has 5 rings (SSSR count). The summed E-state index contributed by atoms with van der Waals surface area (Å²) in [6.07, 6.45) is 2.86. The predicted octanol–water partition coefficient (Wildman–Crippen LogP) is 7.53. The van der Waals surface area contributed by atoms with E-state index in [-0.39, 0.29) is 11.7 Å². The zero-order chi connectivity index (χ0) is 23.1. The maximum Gasteiger partial charge on any atom is 0.231 e. The fraction of sp³-hybridized carbons (Fsp3) is 0.269. The van der Waals surface area contributed by atoms with E-state index in [0.29, 0.717) is 39.5 Å². The lowest BCUT2D eigenvalue weighted by Gasteiger charge is -2.34. The highest BCUT2D eigenvalue weighted by Gasteiger charge is 2.32. The minimum atomic E-state index is -0.383. The summed E-state index contributed by atoms with van der Waals surface area (Å²) in [5.41, 5.74) is 5.06. The van der Waals surface area contributed by atoms with E-state index in [1.807, 2.05) is 0 Å². The van der Waals surface area contributed by atoms with Crippen molar-refractivity contribution in [3.05, 3.63) is 80.5 Å². The van der Waals surface area contributed by atoms with Crippen molar-refractivity contribution in [1.82, 2.24) is 5.32 Å². The molecule has 0 aliphatic carbocycles. The summed E-state index contributed by atoms with van der Waals surface area (Å²) in [4.78, 5) is 14.9. The van der Waals surface area contributed by atoms with Gasteiger partial charge in [0.15, 0.2) is 0 Å². The van der Waals surface area contributed by atoms with Crippen molar-refractivity contribution in [1.29, 1.82) is 0 Å². The first kappa shape index (κ1) is 22.7. The van der Waals surface area contributed by atoms with Crippen molar-refractivity contribution < 1.29 is 9.18 Å². The molecule has 2 aliphatic heterocycles. The van der Waals surface area contributed by atoms with E-state index >= 15 is 0 Å². The molecule has 0 saturated carbocycles. The summed E-state index contributed by atoms with van der Waals surface area (Å²) in [7, 11) is 0. The molecule has 0 atom stereocenters. The maximum atomic E-state index is 13.8. The van der Waals surface area contributed by atoms with Crippen LogP contribution in [0.5, 0.6) is 0 Å². The summed E-state index contributed by atoms with van der Waals surface area (Å²) in [5.74, 6) is -0.0991. The van der Waals surface area contributed by atoms with E-state index in [1.54, 1.807) is 29.2 Å². The molecule has 3 nitrogen and oxygen atoms in total. The van der Waals surface area contributed by atoms with E-state index in [1.165, 1.54) is 12.1 Å². The number of hydrogen-bond donors (Lipinski definition) is 1. The number of halogens is 4. The van der Waals surface area contributed by atoms with Crippen LogP contribution in [0.25, 0.3) is 11.1 Å². The second-order valence-corrected chi connectivity index (χ2v) is 9.74. The smallest absolute Gasteiger partial charge is 0.231 e. The fourth-order valence-electron chi connectivity index (χ4n) is 4.91. The van der Waals surface area contributed by atoms with Crippen molar-refractivity contribution in [3.63, 3.8) is 0 Å². The number of carbonyl (C=O) groups is 1. The number of nitrogens with zero attached hydrogens (tertiary/aromatic N) is 1. The Morgan fingerprint density at radius 3 is 2.30 bits per heavy atom. The zero-order valence-corrected chi connectivity index (χ0v) is 20.1. The minimum absolute atomic E-state index is 0.0592. The van der Waals surface area contributed by atoms with E-state index in [2.05, 4.69) is 17.4 Å². The third-order valence-electron chi connectivity index (χ3n) is 6.52. The van der Waals surface area contributed by atoms with Gasteiger partial charge in [0.25, 0.3) is 0 Å². The summed E-state index contributed by atoms with van der Waals surface area (Å²) in [6.45, 7) is 1.88. The number of rotatable bonds is 3. The van der Waals surface area contributed by atoms with Gasteiger partial charge in [-0.1, -0.05) is 46.9 Å². The molecule has 170 valence electrons. The monoisotopic (exact) mass is 502 g/mol. The molecule has 0 spiro atoms. The number of anilines is 2. The van der Waals surface area contributed by atoms with Crippen LogP contribution in [-0.4, -0.2) is 19.0 Å². The summed E-state index contributed by atoms with van der Waals surface area (Å²) < 4.78 is 13.8. The number of benzene rings is 3. The Morgan fingerprint density at radius 1 is 0.879 bits per heavy atom. The summed E-state index contributed by atoms with van der Waals surface area (Å²) >= 11 is 19.6. The molecule has 2 aliphatic rings. The Bertz CT molecular complexity index is 1220. The molecule has 1 N–H and O–H groups in total. The number of para-hydroxylation sites is 1.